The molecule has 2 saturated heterocycles. The number of halogens is 3. The van der Waals surface area contributed by atoms with Crippen LogP contribution >= 0.6 is 11.3 Å². The fourth-order valence-corrected chi connectivity index (χ4v) is 6.35. The van der Waals surface area contributed by atoms with E-state index in [4.69, 9.17) is 9.47 Å². The number of methoxy groups -OCH3 is 1. The highest BCUT2D eigenvalue weighted by atomic mass is 32.2. The number of ether oxygens (including phenoxy) is 2. The molecule has 2 fully saturated rings. The van der Waals surface area contributed by atoms with E-state index in [1.165, 1.54) is 16.8 Å². The zero-order valence-electron chi connectivity index (χ0n) is 19.4. The van der Waals surface area contributed by atoms with E-state index < -0.39 is 26.7 Å². The first-order valence-electron chi connectivity index (χ1n) is 11.0. The predicted octanol–water partition coefficient (Wildman–Crippen LogP) is 1.36. The first-order chi connectivity index (χ1) is 17.0. The fourth-order valence-electron chi connectivity index (χ4n) is 4.25. The van der Waals surface area contributed by atoms with Gasteiger partial charge in [-0.25, -0.2) is 18.1 Å². The molecule has 0 spiro atoms. The van der Waals surface area contributed by atoms with Crippen LogP contribution in [0.2, 0.25) is 0 Å². The Bertz CT molecular complexity index is 1370. The largest absolute Gasteiger partial charge is 0.445 e. The molecule has 16 heteroatoms. The van der Waals surface area contributed by atoms with Gasteiger partial charge in [-0.2, -0.15) is 13.2 Å². The Kier molecular flexibility index (Phi) is 6.45. The van der Waals surface area contributed by atoms with Crippen LogP contribution < -0.4 is 14.9 Å². The van der Waals surface area contributed by atoms with Gasteiger partial charge in [0, 0.05) is 39.0 Å². The van der Waals surface area contributed by atoms with Crippen LogP contribution in [-0.4, -0.2) is 86.1 Å². The molecule has 0 bridgehead atoms. The van der Waals surface area contributed by atoms with E-state index in [1.54, 1.807) is 20.1 Å². The van der Waals surface area contributed by atoms with E-state index in [-0.39, 0.29) is 35.0 Å². The van der Waals surface area contributed by atoms with Crippen molar-refractivity contribution in [3.05, 3.63) is 23.5 Å². The number of fused-ring (bicyclic) bond motifs is 1. The maximum absolute atomic E-state index is 13.4. The van der Waals surface area contributed by atoms with Crippen LogP contribution in [0.3, 0.4) is 0 Å². The zero-order valence-corrected chi connectivity index (χ0v) is 21.0. The van der Waals surface area contributed by atoms with E-state index in [1.807, 2.05) is 4.90 Å². The van der Waals surface area contributed by atoms with E-state index >= 15 is 0 Å². The fraction of sp³-hybridized carbons (Fsp3) is 0.550. The van der Waals surface area contributed by atoms with Crippen molar-refractivity contribution in [2.45, 2.75) is 29.6 Å². The molecule has 3 aromatic heterocycles. The van der Waals surface area contributed by atoms with Crippen LogP contribution in [0.4, 0.5) is 18.9 Å². The molecule has 196 valence electrons. The number of pyridine rings is 1. The van der Waals surface area contributed by atoms with Crippen molar-refractivity contribution in [1.82, 2.24) is 29.6 Å². The number of nitrogens with one attached hydrogen (secondary N) is 2. The number of hydrogen-bond acceptors (Lipinski definition) is 10. The Balaban J connectivity index is 1.63. The Labute approximate surface area is 208 Å². The highest BCUT2D eigenvalue weighted by Crippen LogP contribution is 2.36. The van der Waals surface area contributed by atoms with Crippen LogP contribution in [-0.2, 0) is 25.7 Å². The van der Waals surface area contributed by atoms with Crippen molar-refractivity contribution in [2.75, 3.05) is 51.5 Å². The number of aromatic nitrogens is 4. The molecule has 2 aliphatic rings. The van der Waals surface area contributed by atoms with E-state index in [0.717, 1.165) is 0 Å². The summed E-state index contributed by atoms with van der Waals surface area (Å²) in [5.41, 5.74) is 0.365. The minimum absolute atomic E-state index is 0.00752. The Hall–Kier alpha value is -2.37. The second-order valence-electron chi connectivity index (χ2n) is 9.02. The third kappa shape index (κ3) is 4.80. The molecule has 1 unspecified atom stereocenters. The molecule has 0 amide bonds. The number of hydrogen-bond donors (Lipinski definition) is 2. The summed E-state index contributed by atoms with van der Waals surface area (Å²) in [6.45, 7) is 4.41. The molecule has 5 rings (SSSR count). The number of anilines is 1. The molecular weight excluding hydrogens is 523 g/mol. The third-order valence-electron chi connectivity index (χ3n) is 5.95. The van der Waals surface area contributed by atoms with Crippen LogP contribution in [0.5, 0.6) is 0 Å². The second-order valence-corrected chi connectivity index (χ2v) is 11.7. The molecule has 0 aromatic carbocycles. The van der Waals surface area contributed by atoms with Crippen molar-refractivity contribution in [3.8, 4) is 10.8 Å². The number of rotatable bonds is 7. The lowest BCUT2D eigenvalue weighted by molar-refractivity contribution is -0.138. The molecule has 0 saturated carbocycles. The van der Waals surface area contributed by atoms with Crippen molar-refractivity contribution in [1.29, 1.82) is 0 Å². The van der Waals surface area contributed by atoms with Crippen LogP contribution in [0.15, 0.2) is 23.4 Å². The molecule has 0 radical (unpaired) electrons. The van der Waals surface area contributed by atoms with Crippen molar-refractivity contribution in [3.63, 3.8) is 0 Å². The zero-order chi connectivity index (χ0) is 25.7. The van der Waals surface area contributed by atoms with E-state index in [9.17, 15) is 21.6 Å². The van der Waals surface area contributed by atoms with Gasteiger partial charge < -0.3 is 19.7 Å². The van der Waals surface area contributed by atoms with E-state index in [2.05, 4.69) is 25.2 Å². The first kappa shape index (κ1) is 25.3. The van der Waals surface area contributed by atoms with Gasteiger partial charge in [-0.3, -0.25) is 4.40 Å². The SMILES string of the molecule is COCC1CN(c2cc(S(=O)(=O)NC3(C)COC3)cn3c(-c4nnc(C(F)(F)F)s4)ncc23)CCN1. The highest BCUT2D eigenvalue weighted by Gasteiger charge is 2.39. The maximum Gasteiger partial charge on any atom is 0.445 e. The Morgan fingerprint density at radius 2 is 2.14 bits per heavy atom. The molecule has 2 aliphatic heterocycles. The molecule has 11 nitrogen and oxygen atoms in total. The van der Waals surface area contributed by atoms with Crippen molar-refractivity contribution < 1.29 is 31.1 Å². The number of imidazole rings is 1. The summed E-state index contributed by atoms with van der Waals surface area (Å²) in [6.07, 6.45) is -1.81. The van der Waals surface area contributed by atoms with Crippen molar-refractivity contribution in [2.24, 2.45) is 0 Å². The molecule has 0 aliphatic carbocycles. The summed E-state index contributed by atoms with van der Waals surface area (Å²) >= 11 is 0.345. The summed E-state index contributed by atoms with van der Waals surface area (Å²) in [4.78, 5) is 6.25. The molecule has 36 heavy (non-hydrogen) atoms. The lowest BCUT2D eigenvalue weighted by Gasteiger charge is -2.38. The minimum atomic E-state index is -4.65. The average molecular weight is 548 g/mol. The quantitative estimate of drug-likeness (QED) is 0.451. The van der Waals surface area contributed by atoms with Crippen LogP contribution in [0.1, 0.15) is 11.9 Å². The lowest BCUT2D eigenvalue weighted by Crippen LogP contribution is -2.59. The topological polar surface area (TPSA) is 123 Å². The van der Waals surface area contributed by atoms with Crippen molar-refractivity contribution >= 4 is 32.6 Å². The van der Waals surface area contributed by atoms with E-state index in [0.29, 0.717) is 48.8 Å². The summed E-state index contributed by atoms with van der Waals surface area (Å²) in [5, 5.41) is 9.08. The van der Waals surface area contributed by atoms with Gasteiger partial charge in [-0.05, 0) is 13.0 Å². The Morgan fingerprint density at radius 3 is 2.78 bits per heavy atom. The number of piperazine rings is 1. The predicted molar refractivity (Wildman–Crippen MR) is 125 cm³/mol. The lowest BCUT2D eigenvalue weighted by atomic mass is 10.0. The van der Waals surface area contributed by atoms with Crippen LogP contribution in [0.25, 0.3) is 16.3 Å². The maximum atomic E-state index is 13.4. The standard InChI is InChI=1S/C20H24F3N7O4S2/c1-19(10-34-11-19)28-36(31,32)13-5-14(29-4-3-24-12(7-29)9-33-2)15-6-25-16(30(15)8-13)17-26-27-18(35-17)20(21,22)23/h5-6,8,12,24,28H,3-4,7,9-11H2,1-2H3. The second kappa shape index (κ2) is 9.18. The van der Waals surface area contributed by atoms with Gasteiger partial charge in [0.1, 0.15) is 4.90 Å². The van der Waals surface area contributed by atoms with Gasteiger partial charge in [0.05, 0.1) is 42.8 Å². The van der Waals surface area contributed by atoms with Gasteiger partial charge in [0.2, 0.25) is 15.0 Å². The van der Waals surface area contributed by atoms with Gasteiger partial charge in [-0.15, -0.1) is 10.2 Å². The minimum Gasteiger partial charge on any atom is -0.383 e. The Morgan fingerprint density at radius 1 is 1.36 bits per heavy atom. The summed E-state index contributed by atoms with van der Waals surface area (Å²) in [7, 11) is -2.41. The number of sulfonamides is 1. The monoisotopic (exact) mass is 547 g/mol. The smallest absolute Gasteiger partial charge is 0.383 e. The summed E-state index contributed by atoms with van der Waals surface area (Å²) in [6, 6.07) is 1.57. The molecule has 3 aromatic rings. The number of alkyl halides is 3. The number of nitrogens with zero attached hydrogens (tertiary/aromatic N) is 5. The molecule has 1 atom stereocenters. The highest BCUT2D eigenvalue weighted by molar-refractivity contribution is 7.89. The van der Waals surface area contributed by atoms with Gasteiger partial charge in [0.15, 0.2) is 10.8 Å². The molecule has 2 N–H and O–H groups in total. The van der Waals surface area contributed by atoms with Gasteiger partial charge in [-0.1, -0.05) is 11.3 Å². The summed E-state index contributed by atoms with van der Waals surface area (Å²) in [5.74, 6) is 0.0677. The van der Waals surface area contributed by atoms with Gasteiger partial charge >= 0.3 is 6.18 Å². The molecule has 5 heterocycles. The summed E-state index contributed by atoms with van der Waals surface area (Å²) < 4.78 is 80.7. The average Bonchev–Trinajstić information content (AvgIpc) is 3.44. The molecular formula is C20H24F3N7O4S2. The van der Waals surface area contributed by atoms with Crippen LogP contribution in [0, 0.1) is 0 Å². The first-order valence-corrected chi connectivity index (χ1v) is 13.3. The normalized spacial score (nSPS) is 20.6. The van der Waals surface area contributed by atoms with Gasteiger partial charge in [0.25, 0.3) is 0 Å². The third-order valence-corrected chi connectivity index (χ3v) is 8.52.